The van der Waals surface area contributed by atoms with Crippen LogP contribution in [0.4, 0.5) is 13.2 Å². The van der Waals surface area contributed by atoms with Gasteiger partial charge in [-0.15, -0.1) is 0 Å². The van der Waals surface area contributed by atoms with Gasteiger partial charge in [-0.3, -0.25) is 0 Å². The molecule has 1 heterocycles. The van der Waals surface area contributed by atoms with E-state index in [2.05, 4.69) is 5.32 Å². The zero-order valence-corrected chi connectivity index (χ0v) is 8.80. The summed E-state index contributed by atoms with van der Waals surface area (Å²) in [6.45, 7) is 0.594. The van der Waals surface area contributed by atoms with Gasteiger partial charge in [-0.25, -0.2) is 13.2 Å². The maximum absolute atomic E-state index is 12.7. The fourth-order valence-electron chi connectivity index (χ4n) is 2.12. The van der Waals surface area contributed by atoms with Crippen LogP contribution in [0.2, 0.25) is 0 Å². The van der Waals surface area contributed by atoms with Gasteiger partial charge in [0.1, 0.15) is 5.82 Å². The van der Waals surface area contributed by atoms with Crippen molar-refractivity contribution in [2.45, 2.75) is 25.3 Å². The van der Waals surface area contributed by atoms with Crippen LogP contribution in [0.1, 0.15) is 24.4 Å². The maximum Gasteiger partial charge on any atom is 0.241 e. The van der Waals surface area contributed by atoms with E-state index in [0.29, 0.717) is 19.4 Å². The van der Waals surface area contributed by atoms with Crippen molar-refractivity contribution in [3.05, 3.63) is 35.6 Å². The quantitative estimate of drug-likeness (QED) is 0.821. The number of hydrogen-bond donors (Lipinski definition) is 1. The topological polar surface area (TPSA) is 12.0 Å². The molecule has 0 aromatic heterocycles. The molecule has 0 aliphatic carbocycles. The van der Waals surface area contributed by atoms with Crippen LogP contribution in [0.5, 0.6) is 0 Å². The van der Waals surface area contributed by atoms with Gasteiger partial charge in [0.05, 0.1) is 0 Å². The molecule has 1 aliphatic rings. The number of nitrogens with one attached hydrogen (secondary N) is 1. The van der Waals surface area contributed by atoms with Gasteiger partial charge in [0, 0.05) is 12.0 Å². The lowest BCUT2D eigenvalue weighted by Gasteiger charge is -2.30. The van der Waals surface area contributed by atoms with Gasteiger partial charge < -0.3 is 5.32 Å². The summed E-state index contributed by atoms with van der Waals surface area (Å²) >= 11 is 0. The minimum Gasteiger partial charge on any atom is -0.310 e. The normalized spacial score (nSPS) is 26.0. The molecule has 16 heavy (non-hydrogen) atoms. The smallest absolute Gasteiger partial charge is 0.241 e. The molecular weight excluding hydrogens is 215 g/mol. The standard InChI is InChI=1S/C12H14F3N/c13-10-3-1-8(2-4-10)11-7-9(12(14)15)5-6-16-11/h1-4,9,11-12,16H,5-7H2/t9-,11+/m1/s1. The van der Waals surface area contributed by atoms with E-state index in [0.717, 1.165) is 5.56 Å². The van der Waals surface area contributed by atoms with Crippen LogP contribution in [0.25, 0.3) is 0 Å². The number of hydrogen-bond acceptors (Lipinski definition) is 1. The first kappa shape index (κ1) is 11.5. The molecular formula is C12H14F3N. The Bertz CT molecular complexity index is 337. The Morgan fingerprint density at radius 2 is 1.88 bits per heavy atom. The summed E-state index contributed by atoms with van der Waals surface area (Å²) in [6, 6.07) is 5.96. The third-order valence-electron chi connectivity index (χ3n) is 3.07. The summed E-state index contributed by atoms with van der Waals surface area (Å²) in [5.74, 6) is -0.846. The van der Waals surface area contributed by atoms with E-state index < -0.39 is 12.3 Å². The third kappa shape index (κ3) is 2.55. The van der Waals surface area contributed by atoms with E-state index in [1.54, 1.807) is 12.1 Å². The highest BCUT2D eigenvalue weighted by Gasteiger charge is 2.28. The average Bonchev–Trinajstić information content (AvgIpc) is 2.30. The van der Waals surface area contributed by atoms with Crippen molar-refractivity contribution in [3.8, 4) is 0 Å². The number of benzene rings is 1. The van der Waals surface area contributed by atoms with E-state index in [1.165, 1.54) is 12.1 Å². The van der Waals surface area contributed by atoms with Crippen molar-refractivity contribution >= 4 is 0 Å². The van der Waals surface area contributed by atoms with Gasteiger partial charge in [0.25, 0.3) is 0 Å². The fourth-order valence-corrected chi connectivity index (χ4v) is 2.12. The van der Waals surface area contributed by atoms with Crippen molar-refractivity contribution in [1.29, 1.82) is 0 Å². The molecule has 1 nitrogen and oxygen atoms in total. The Hall–Kier alpha value is -1.03. The van der Waals surface area contributed by atoms with Gasteiger partial charge in [-0.2, -0.15) is 0 Å². The van der Waals surface area contributed by atoms with Crippen LogP contribution < -0.4 is 5.32 Å². The summed E-state index contributed by atoms with van der Waals surface area (Å²) in [4.78, 5) is 0. The molecule has 0 saturated carbocycles. The predicted octanol–water partition coefficient (Wildman–Crippen LogP) is 3.13. The van der Waals surface area contributed by atoms with Crippen molar-refractivity contribution in [3.63, 3.8) is 0 Å². The van der Waals surface area contributed by atoms with E-state index >= 15 is 0 Å². The molecule has 88 valence electrons. The van der Waals surface area contributed by atoms with Crippen LogP contribution in [0, 0.1) is 11.7 Å². The molecule has 2 atom stereocenters. The first-order valence-corrected chi connectivity index (χ1v) is 5.44. The summed E-state index contributed by atoms with van der Waals surface area (Å²) in [6.07, 6.45) is -1.33. The molecule has 0 spiro atoms. The summed E-state index contributed by atoms with van der Waals surface area (Å²) in [5.41, 5.74) is 0.881. The Kier molecular flexibility index (Phi) is 3.49. The highest BCUT2D eigenvalue weighted by atomic mass is 19.3. The second-order valence-corrected chi connectivity index (χ2v) is 4.18. The van der Waals surface area contributed by atoms with Crippen molar-refractivity contribution in [2.24, 2.45) is 5.92 Å². The number of halogens is 3. The lowest BCUT2D eigenvalue weighted by Crippen LogP contribution is -2.34. The van der Waals surface area contributed by atoms with Gasteiger partial charge >= 0.3 is 0 Å². The molecule has 0 radical (unpaired) electrons. The van der Waals surface area contributed by atoms with E-state index in [9.17, 15) is 13.2 Å². The van der Waals surface area contributed by atoms with Crippen LogP contribution in [-0.2, 0) is 0 Å². The van der Waals surface area contributed by atoms with Gasteiger partial charge in [0.2, 0.25) is 6.43 Å². The van der Waals surface area contributed by atoms with E-state index in [-0.39, 0.29) is 11.9 Å². The second-order valence-electron chi connectivity index (χ2n) is 4.18. The summed E-state index contributed by atoms with van der Waals surface area (Å²) in [5, 5.41) is 3.18. The van der Waals surface area contributed by atoms with Crippen molar-refractivity contribution in [2.75, 3.05) is 6.54 Å². The molecule has 1 N–H and O–H groups in total. The Labute approximate surface area is 92.7 Å². The minimum absolute atomic E-state index is 0.0756. The molecule has 2 rings (SSSR count). The molecule has 1 aromatic carbocycles. The molecule has 0 unspecified atom stereocenters. The molecule has 1 fully saturated rings. The van der Waals surface area contributed by atoms with Crippen LogP contribution in [0.3, 0.4) is 0 Å². The average molecular weight is 229 g/mol. The first-order chi connectivity index (χ1) is 7.66. The van der Waals surface area contributed by atoms with Gasteiger partial charge in [-0.1, -0.05) is 12.1 Å². The molecule has 1 aliphatic heterocycles. The van der Waals surface area contributed by atoms with Gasteiger partial charge in [-0.05, 0) is 37.1 Å². The molecule has 1 saturated heterocycles. The summed E-state index contributed by atoms with van der Waals surface area (Å²) in [7, 11) is 0. The monoisotopic (exact) mass is 229 g/mol. The number of piperidine rings is 1. The zero-order chi connectivity index (χ0) is 11.5. The highest BCUT2D eigenvalue weighted by molar-refractivity contribution is 5.20. The van der Waals surface area contributed by atoms with Gasteiger partial charge in [0.15, 0.2) is 0 Å². The minimum atomic E-state index is -2.26. The Morgan fingerprint density at radius 1 is 1.19 bits per heavy atom. The van der Waals surface area contributed by atoms with Crippen molar-refractivity contribution < 1.29 is 13.2 Å². The van der Waals surface area contributed by atoms with Crippen LogP contribution in [-0.4, -0.2) is 13.0 Å². The van der Waals surface area contributed by atoms with Crippen molar-refractivity contribution in [1.82, 2.24) is 5.32 Å². The third-order valence-corrected chi connectivity index (χ3v) is 3.07. The highest BCUT2D eigenvalue weighted by Crippen LogP contribution is 2.30. The second kappa shape index (κ2) is 4.87. The Balaban J connectivity index is 2.06. The Morgan fingerprint density at radius 3 is 2.50 bits per heavy atom. The summed E-state index contributed by atoms with van der Waals surface area (Å²) < 4.78 is 37.9. The molecule has 1 aromatic rings. The van der Waals surface area contributed by atoms with Crippen LogP contribution >= 0.6 is 0 Å². The lowest BCUT2D eigenvalue weighted by atomic mass is 9.89. The number of rotatable bonds is 2. The zero-order valence-electron chi connectivity index (χ0n) is 8.80. The SMILES string of the molecule is Fc1ccc([C@@H]2C[C@H](C(F)F)CCN2)cc1. The maximum atomic E-state index is 12.7. The first-order valence-electron chi connectivity index (χ1n) is 5.44. The lowest BCUT2D eigenvalue weighted by molar-refractivity contribution is 0.0500. The van der Waals surface area contributed by atoms with E-state index in [4.69, 9.17) is 0 Å². The van der Waals surface area contributed by atoms with E-state index in [1.807, 2.05) is 0 Å². The molecule has 0 bridgehead atoms. The predicted molar refractivity (Wildman–Crippen MR) is 55.9 cm³/mol. The van der Waals surface area contributed by atoms with Crippen LogP contribution in [0.15, 0.2) is 24.3 Å². The number of alkyl halides is 2. The molecule has 4 heteroatoms. The largest absolute Gasteiger partial charge is 0.310 e. The fraction of sp³-hybridized carbons (Fsp3) is 0.500. The molecule has 0 amide bonds.